The number of ether oxygens (including phenoxy) is 1. The Morgan fingerprint density at radius 2 is 2.43 bits per heavy atom. The zero-order chi connectivity index (χ0) is 10.1. The molecule has 0 aromatic carbocycles. The molecule has 0 amide bonds. The summed E-state index contributed by atoms with van der Waals surface area (Å²) in [5, 5.41) is 0. The molecule has 0 saturated carbocycles. The number of H-pyrrole nitrogens is 1. The number of hydrogen-bond acceptors (Lipinski definition) is 3. The number of halogens is 1. The van der Waals surface area contributed by atoms with Crippen LogP contribution in [0, 0.1) is 0 Å². The van der Waals surface area contributed by atoms with Crippen LogP contribution in [0.2, 0.25) is 0 Å². The van der Waals surface area contributed by atoms with Gasteiger partial charge in [0, 0.05) is 6.20 Å². The molecule has 0 fully saturated rings. The Morgan fingerprint density at radius 3 is 3.14 bits per heavy atom. The Labute approximate surface area is 88.4 Å². The molecule has 0 radical (unpaired) electrons. The molecule has 5 heteroatoms. The maximum Gasteiger partial charge on any atom is 0.357 e. The smallest absolute Gasteiger partial charge is 0.357 e. The van der Waals surface area contributed by atoms with Crippen LogP contribution in [0.4, 0.5) is 0 Å². The number of aromatic nitrogens is 2. The Morgan fingerprint density at radius 1 is 1.64 bits per heavy atom. The highest BCUT2D eigenvalue weighted by Gasteiger charge is 2.13. The van der Waals surface area contributed by atoms with Crippen molar-refractivity contribution < 1.29 is 9.53 Å². The normalized spacial score (nSPS) is 10.4. The van der Waals surface area contributed by atoms with E-state index in [0.29, 0.717) is 10.2 Å². The van der Waals surface area contributed by atoms with Crippen LogP contribution in [0.5, 0.6) is 0 Å². The average Bonchev–Trinajstić information content (AvgIpc) is 2.62. The van der Waals surface area contributed by atoms with Crippen molar-refractivity contribution in [3.8, 4) is 0 Å². The highest BCUT2D eigenvalue weighted by molar-refractivity contribution is 9.10. The molecule has 2 rings (SSSR count). The number of carbonyl (C=O) groups excluding carboxylic acids is 1. The first-order valence-corrected chi connectivity index (χ1v) is 4.73. The molecule has 0 unspecified atom stereocenters. The standard InChI is InChI=1S/C9H7BrN2O2/c1-14-9(13)8-5(10)4-7-6(12-8)2-3-11-7/h2-4,11H,1H3. The number of rotatable bonds is 1. The summed E-state index contributed by atoms with van der Waals surface area (Å²) in [7, 11) is 1.33. The lowest BCUT2D eigenvalue weighted by molar-refractivity contribution is 0.0593. The van der Waals surface area contributed by atoms with Crippen molar-refractivity contribution in [1.29, 1.82) is 0 Å². The van der Waals surface area contributed by atoms with Gasteiger partial charge in [0.1, 0.15) is 0 Å². The fourth-order valence-electron chi connectivity index (χ4n) is 1.20. The topological polar surface area (TPSA) is 55.0 Å². The van der Waals surface area contributed by atoms with E-state index in [2.05, 4.69) is 30.6 Å². The van der Waals surface area contributed by atoms with Gasteiger partial charge in [0.2, 0.25) is 0 Å². The number of carbonyl (C=O) groups is 1. The number of hydrogen-bond donors (Lipinski definition) is 1. The zero-order valence-corrected chi connectivity index (χ0v) is 8.96. The van der Waals surface area contributed by atoms with Crippen LogP contribution in [0.3, 0.4) is 0 Å². The third-order valence-corrected chi connectivity index (χ3v) is 2.47. The average molecular weight is 255 g/mol. The molecule has 0 atom stereocenters. The molecule has 4 nitrogen and oxygen atoms in total. The second-order valence-corrected chi connectivity index (χ2v) is 3.58. The van der Waals surface area contributed by atoms with Gasteiger partial charge in [-0.15, -0.1) is 0 Å². The van der Waals surface area contributed by atoms with E-state index in [-0.39, 0.29) is 0 Å². The molecule has 2 aromatic heterocycles. The summed E-state index contributed by atoms with van der Waals surface area (Å²) in [4.78, 5) is 18.4. The quantitative estimate of drug-likeness (QED) is 0.794. The van der Waals surface area contributed by atoms with Gasteiger partial charge in [0.05, 0.1) is 22.6 Å². The summed E-state index contributed by atoms with van der Waals surface area (Å²) in [5.41, 5.74) is 1.91. The molecule has 2 heterocycles. The van der Waals surface area contributed by atoms with Crippen LogP contribution in [-0.4, -0.2) is 23.0 Å². The zero-order valence-electron chi connectivity index (χ0n) is 7.37. The molecule has 0 spiro atoms. The molecule has 2 aromatic rings. The van der Waals surface area contributed by atoms with Crippen LogP contribution in [-0.2, 0) is 4.74 Å². The lowest BCUT2D eigenvalue weighted by atomic mass is 10.3. The minimum absolute atomic E-state index is 0.291. The van der Waals surface area contributed by atoms with Gasteiger partial charge in [0.15, 0.2) is 5.69 Å². The highest BCUT2D eigenvalue weighted by Crippen LogP contribution is 2.20. The summed E-state index contributed by atoms with van der Waals surface area (Å²) in [6.45, 7) is 0. The number of aromatic amines is 1. The maximum atomic E-state index is 11.3. The van der Waals surface area contributed by atoms with E-state index in [4.69, 9.17) is 0 Å². The highest BCUT2D eigenvalue weighted by atomic mass is 79.9. The molecular weight excluding hydrogens is 248 g/mol. The summed E-state index contributed by atoms with van der Waals surface area (Å²) in [5.74, 6) is -0.444. The number of methoxy groups -OCH3 is 1. The molecule has 0 aliphatic heterocycles. The van der Waals surface area contributed by atoms with E-state index >= 15 is 0 Å². The number of pyridine rings is 1. The van der Waals surface area contributed by atoms with Gasteiger partial charge in [-0.2, -0.15) is 0 Å². The molecule has 72 valence electrons. The van der Waals surface area contributed by atoms with Gasteiger partial charge < -0.3 is 9.72 Å². The van der Waals surface area contributed by atoms with Crippen molar-refractivity contribution in [2.75, 3.05) is 7.11 Å². The molecule has 0 saturated heterocycles. The van der Waals surface area contributed by atoms with Crippen LogP contribution >= 0.6 is 15.9 Å². The van der Waals surface area contributed by atoms with Gasteiger partial charge >= 0.3 is 5.97 Å². The van der Waals surface area contributed by atoms with Crippen molar-refractivity contribution in [1.82, 2.24) is 9.97 Å². The van der Waals surface area contributed by atoms with Crippen molar-refractivity contribution in [2.45, 2.75) is 0 Å². The second-order valence-electron chi connectivity index (χ2n) is 2.72. The summed E-state index contributed by atoms with van der Waals surface area (Å²) in [6.07, 6.45) is 1.77. The molecule has 0 aliphatic rings. The first-order chi connectivity index (χ1) is 6.72. The fourth-order valence-corrected chi connectivity index (χ4v) is 1.68. The Balaban J connectivity index is 2.64. The lowest BCUT2D eigenvalue weighted by Gasteiger charge is -2.01. The van der Waals surface area contributed by atoms with Gasteiger partial charge in [-0.1, -0.05) is 0 Å². The Hall–Kier alpha value is -1.36. The Bertz CT molecular complexity index is 493. The third-order valence-electron chi connectivity index (χ3n) is 1.86. The largest absolute Gasteiger partial charge is 0.464 e. The van der Waals surface area contributed by atoms with Crippen LogP contribution in [0.1, 0.15) is 10.5 Å². The molecule has 14 heavy (non-hydrogen) atoms. The maximum absolute atomic E-state index is 11.3. The van der Waals surface area contributed by atoms with E-state index in [0.717, 1.165) is 11.0 Å². The van der Waals surface area contributed by atoms with Gasteiger partial charge in [-0.05, 0) is 28.1 Å². The second kappa shape index (κ2) is 3.42. The fraction of sp³-hybridized carbons (Fsp3) is 0.111. The number of nitrogens with one attached hydrogen (secondary N) is 1. The van der Waals surface area contributed by atoms with Crippen LogP contribution in [0.25, 0.3) is 11.0 Å². The lowest BCUT2D eigenvalue weighted by Crippen LogP contribution is -2.05. The van der Waals surface area contributed by atoms with E-state index in [9.17, 15) is 4.79 Å². The monoisotopic (exact) mass is 254 g/mol. The number of nitrogens with zero attached hydrogens (tertiary/aromatic N) is 1. The molecule has 0 aliphatic carbocycles. The predicted octanol–water partition coefficient (Wildman–Crippen LogP) is 2.11. The first kappa shape index (κ1) is 9.21. The van der Waals surface area contributed by atoms with Crippen molar-refractivity contribution in [2.24, 2.45) is 0 Å². The van der Waals surface area contributed by atoms with Crippen LogP contribution < -0.4 is 0 Å². The van der Waals surface area contributed by atoms with E-state index in [1.165, 1.54) is 7.11 Å². The van der Waals surface area contributed by atoms with Gasteiger partial charge in [-0.25, -0.2) is 9.78 Å². The van der Waals surface area contributed by atoms with Crippen LogP contribution in [0.15, 0.2) is 22.8 Å². The van der Waals surface area contributed by atoms with Gasteiger partial charge in [-0.3, -0.25) is 0 Å². The summed E-state index contributed by atoms with van der Waals surface area (Å²) < 4.78 is 5.23. The third kappa shape index (κ3) is 1.39. The molecule has 1 N–H and O–H groups in total. The van der Waals surface area contributed by atoms with E-state index in [1.807, 2.05) is 0 Å². The summed E-state index contributed by atoms with van der Waals surface area (Å²) in [6, 6.07) is 3.60. The van der Waals surface area contributed by atoms with Crippen molar-refractivity contribution >= 4 is 32.9 Å². The van der Waals surface area contributed by atoms with Crippen molar-refractivity contribution in [3.05, 3.63) is 28.5 Å². The molecular formula is C9H7BrN2O2. The number of esters is 1. The minimum atomic E-state index is -0.444. The Kier molecular flexibility index (Phi) is 2.25. The predicted molar refractivity (Wildman–Crippen MR) is 55.1 cm³/mol. The van der Waals surface area contributed by atoms with E-state index in [1.54, 1.807) is 18.3 Å². The molecule has 0 bridgehead atoms. The minimum Gasteiger partial charge on any atom is -0.464 e. The number of fused-ring (bicyclic) bond motifs is 1. The van der Waals surface area contributed by atoms with E-state index < -0.39 is 5.97 Å². The van der Waals surface area contributed by atoms with Crippen molar-refractivity contribution in [3.63, 3.8) is 0 Å². The SMILES string of the molecule is COC(=O)c1nc2cc[nH]c2cc1Br. The summed E-state index contributed by atoms with van der Waals surface area (Å²) >= 11 is 3.26. The first-order valence-electron chi connectivity index (χ1n) is 3.94. The van der Waals surface area contributed by atoms with Gasteiger partial charge in [0.25, 0.3) is 0 Å².